The predicted octanol–water partition coefficient (Wildman–Crippen LogP) is 7.15. The van der Waals surface area contributed by atoms with Crippen molar-refractivity contribution in [1.82, 2.24) is 9.97 Å². The number of halogens is 3. The summed E-state index contributed by atoms with van der Waals surface area (Å²) in [7, 11) is -3.52. The van der Waals surface area contributed by atoms with Crippen LogP contribution in [0.15, 0.2) is 53.4 Å². The van der Waals surface area contributed by atoms with Gasteiger partial charge in [-0.05, 0) is 49.1 Å². The molecule has 1 heterocycles. The largest absolute Gasteiger partial charge is 0.395 e. The molecule has 1 aromatic heterocycles. The van der Waals surface area contributed by atoms with Crippen LogP contribution in [0.2, 0.25) is 15.1 Å². The highest BCUT2D eigenvalue weighted by atomic mass is 35.5. The van der Waals surface area contributed by atoms with E-state index in [1.165, 1.54) is 12.1 Å². The van der Waals surface area contributed by atoms with Crippen LogP contribution in [0.5, 0.6) is 0 Å². The van der Waals surface area contributed by atoms with Crippen LogP contribution in [-0.2, 0) is 9.84 Å². The first-order valence-corrected chi connectivity index (χ1v) is 14.8. The van der Waals surface area contributed by atoms with Crippen LogP contribution in [0.3, 0.4) is 0 Å². The van der Waals surface area contributed by atoms with Gasteiger partial charge in [0.05, 0.1) is 49.9 Å². The van der Waals surface area contributed by atoms with Crippen molar-refractivity contribution >= 4 is 55.7 Å². The molecule has 2 atom stereocenters. The van der Waals surface area contributed by atoms with E-state index in [2.05, 4.69) is 16.0 Å². The van der Waals surface area contributed by atoms with Crippen molar-refractivity contribution in [2.24, 2.45) is 5.92 Å². The second-order valence-corrected chi connectivity index (χ2v) is 13.2. The van der Waals surface area contributed by atoms with Gasteiger partial charge in [-0.3, -0.25) is 0 Å². The van der Waals surface area contributed by atoms with Gasteiger partial charge in [-0.1, -0.05) is 71.9 Å². The number of aromatic amines is 1. The number of imidazole rings is 1. The van der Waals surface area contributed by atoms with Crippen molar-refractivity contribution in [1.29, 1.82) is 5.26 Å². The molecule has 196 valence electrons. The van der Waals surface area contributed by atoms with E-state index in [0.717, 1.165) is 12.8 Å². The second-order valence-electron chi connectivity index (χ2n) is 9.68. The monoisotopic (exact) mass is 587 g/mol. The quantitative estimate of drug-likeness (QED) is 0.227. The number of sulfone groups is 1. The average molecular weight is 589 g/mol. The fourth-order valence-corrected chi connectivity index (χ4v) is 7.40. The summed E-state index contributed by atoms with van der Waals surface area (Å²) in [5, 5.41) is 20.2. The van der Waals surface area contributed by atoms with Crippen LogP contribution in [0.25, 0.3) is 22.2 Å². The minimum Gasteiger partial charge on any atom is -0.395 e. The topological polar surface area (TPSA) is 107 Å². The summed E-state index contributed by atoms with van der Waals surface area (Å²) in [4.78, 5) is 7.99. The molecular formula is C28H24Cl3N3O3S. The first-order valence-electron chi connectivity index (χ1n) is 12.2. The van der Waals surface area contributed by atoms with E-state index in [0.29, 0.717) is 56.5 Å². The number of nitrogens with one attached hydrogen (secondary N) is 1. The summed E-state index contributed by atoms with van der Waals surface area (Å²) < 4.78 is 26.2. The lowest BCUT2D eigenvalue weighted by Crippen LogP contribution is -2.19. The Labute approximate surface area is 236 Å². The number of rotatable bonds is 8. The lowest BCUT2D eigenvalue weighted by molar-refractivity contribution is 0.277. The molecule has 5 rings (SSSR count). The molecule has 2 unspecified atom stereocenters. The van der Waals surface area contributed by atoms with Gasteiger partial charge in [-0.25, -0.2) is 13.4 Å². The molecule has 0 bridgehead atoms. The Balaban J connectivity index is 1.53. The number of aromatic nitrogens is 2. The Morgan fingerprint density at radius 2 is 1.87 bits per heavy atom. The number of fused-ring (bicyclic) bond motifs is 1. The molecule has 4 aromatic rings. The van der Waals surface area contributed by atoms with Crippen molar-refractivity contribution in [2.45, 2.75) is 42.2 Å². The van der Waals surface area contributed by atoms with E-state index in [1.54, 1.807) is 43.3 Å². The number of nitrogens with zero attached hydrogens (tertiary/aromatic N) is 2. The zero-order valence-corrected chi connectivity index (χ0v) is 23.5. The lowest BCUT2D eigenvalue weighted by Gasteiger charge is -2.17. The van der Waals surface area contributed by atoms with E-state index in [-0.39, 0.29) is 21.5 Å². The van der Waals surface area contributed by atoms with Crippen molar-refractivity contribution < 1.29 is 13.5 Å². The minimum atomic E-state index is -3.52. The molecule has 1 fully saturated rings. The normalized spacial score (nSPS) is 15.4. The molecule has 38 heavy (non-hydrogen) atoms. The third-order valence-electron chi connectivity index (χ3n) is 7.08. The Hall–Kier alpha value is -2.60. The van der Waals surface area contributed by atoms with E-state index in [1.807, 2.05) is 0 Å². The van der Waals surface area contributed by atoms with Gasteiger partial charge in [0.1, 0.15) is 11.3 Å². The molecule has 0 spiro atoms. The molecule has 3 aromatic carbocycles. The van der Waals surface area contributed by atoms with Gasteiger partial charge in [0.15, 0.2) is 9.84 Å². The summed E-state index contributed by atoms with van der Waals surface area (Å²) >= 11 is 19.9. The van der Waals surface area contributed by atoms with Crippen LogP contribution >= 0.6 is 34.8 Å². The number of benzene rings is 3. The zero-order valence-electron chi connectivity index (χ0n) is 20.4. The van der Waals surface area contributed by atoms with Crippen LogP contribution in [-0.4, -0.2) is 35.3 Å². The van der Waals surface area contributed by atoms with E-state index in [4.69, 9.17) is 34.8 Å². The van der Waals surface area contributed by atoms with Crippen molar-refractivity contribution in [2.75, 3.05) is 6.61 Å². The molecule has 0 radical (unpaired) electrons. The van der Waals surface area contributed by atoms with Gasteiger partial charge >= 0.3 is 0 Å². The Bertz CT molecular complexity index is 1690. The maximum absolute atomic E-state index is 13.1. The maximum atomic E-state index is 13.1. The SMILES string of the molecule is CC(CC1CC1)S(=O)(=O)c1ccc(C(CO)c2nc3c(Cl)c(-c4ccccc4C#N)c(Cl)cc3[nH]2)c(Cl)c1. The minimum absolute atomic E-state index is 0.163. The van der Waals surface area contributed by atoms with Gasteiger partial charge in [-0.15, -0.1) is 0 Å². The van der Waals surface area contributed by atoms with Gasteiger partial charge in [0, 0.05) is 16.1 Å². The molecule has 0 aliphatic heterocycles. The fraction of sp³-hybridized carbons (Fsp3) is 0.286. The first-order chi connectivity index (χ1) is 18.1. The molecule has 2 N–H and O–H groups in total. The summed E-state index contributed by atoms with van der Waals surface area (Å²) in [6, 6.07) is 15.4. The highest BCUT2D eigenvalue weighted by molar-refractivity contribution is 7.92. The van der Waals surface area contributed by atoms with E-state index in [9.17, 15) is 18.8 Å². The Morgan fingerprint density at radius 3 is 2.53 bits per heavy atom. The number of hydrogen-bond donors (Lipinski definition) is 2. The van der Waals surface area contributed by atoms with Gasteiger partial charge in [-0.2, -0.15) is 5.26 Å². The maximum Gasteiger partial charge on any atom is 0.181 e. The molecule has 1 aliphatic carbocycles. The Kier molecular flexibility index (Phi) is 7.47. The molecule has 1 saturated carbocycles. The molecule has 0 saturated heterocycles. The third-order valence-corrected chi connectivity index (χ3v) is 10.2. The van der Waals surface area contributed by atoms with Gasteiger partial charge in [0.2, 0.25) is 0 Å². The highest BCUT2D eigenvalue weighted by Crippen LogP contribution is 2.42. The summed E-state index contributed by atoms with van der Waals surface area (Å²) in [6.45, 7) is 1.40. The standard InChI is InChI=1S/C28H24Cl3N3O3S/c1-15(10-16-6-7-16)38(36,37)18-8-9-20(22(29)11-18)21(14-35)28-33-24-12-23(30)25(26(31)27(24)34-28)19-5-3-2-4-17(19)13-32/h2-5,8-9,11-12,15-16,21,35H,6-7,10,14H2,1H3,(H,33,34). The fourth-order valence-electron chi connectivity index (χ4n) is 4.79. The summed E-state index contributed by atoms with van der Waals surface area (Å²) in [5.74, 6) is 0.210. The lowest BCUT2D eigenvalue weighted by atomic mass is 9.99. The molecule has 6 nitrogen and oxygen atoms in total. The number of hydrogen-bond acceptors (Lipinski definition) is 5. The number of aliphatic hydroxyl groups excluding tert-OH is 1. The summed E-state index contributed by atoms with van der Waals surface area (Å²) in [5.41, 5.74) is 3.01. The third kappa shape index (κ3) is 4.92. The Morgan fingerprint density at radius 1 is 1.13 bits per heavy atom. The van der Waals surface area contributed by atoms with Gasteiger partial charge < -0.3 is 10.1 Å². The van der Waals surface area contributed by atoms with Crippen molar-refractivity contribution in [3.63, 3.8) is 0 Å². The van der Waals surface area contributed by atoms with Gasteiger partial charge in [0.25, 0.3) is 0 Å². The predicted molar refractivity (Wildman–Crippen MR) is 151 cm³/mol. The average Bonchev–Trinajstić information content (AvgIpc) is 3.61. The number of H-pyrrole nitrogens is 1. The molecular weight excluding hydrogens is 565 g/mol. The van der Waals surface area contributed by atoms with Crippen molar-refractivity contribution in [3.8, 4) is 17.2 Å². The molecule has 1 aliphatic rings. The summed E-state index contributed by atoms with van der Waals surface area (Å²) in [6.07, 6.45) is 2.80. The van der Waals surface area contributed by atoms with Crippen LogP contribution in [0.4, 0.5) is 0 Å². The molecule has 0 amide bonds. The van der Waals surface area contributed by atoms with E-state index >= 15 is 0 Å². The smallest absolute Gasteiger partial charge is 0.181 e. The van der Waals surface area contributed by atoms with Crippen LogP contribution < -0.4 is 0 Å². The number of aliphatic hydroxyl groups is 1. The zero-order chi connectivity index (χ0) is 27.2. The molecule has 10 heteroatoms. The van der Waals surface area contributed by atoms with E-state index < -0.39 is 21.0 Å². The second kappa shape index (κ2) is 10.5. The highest BCUT2D eigenvalue weighted by Gasteiger charge is 2.32. The first kappa shape index (κ1) is 27.0. The van der Waals surface area contributed by atoms with Crippen LogP contribution in [0, 0.1) is 17.2 Å². The number of nitriles is 1. The van der Waals surface area contributed by atoms with Crippen molar-refractivity contribution in [3.05, 3.63) is 80.6 Å². The van der Waals surface area contributed by atoms with Crippen LogP contribution in [0.1, 0.15) is 49.1 Å².